The SMILES string of the molecule is c1ccc2c(c1)Oc1c(c(N(c3ccncc3)c3ccc4c(c3)sc3ccccc34)c3ccccc3c1N(c1ccncc1)c1ccc3c(c1)sc1ccccc13)O2. The highest BCUT2D eigenvalue weighted by Gasteiger charge is 2.35. The van der Waals surface area contributed by atoms with Crippen molar-refractivity contribution in [2.75, 3.05) is 9.80 Å². The first kappa shape index (κ1) is 32.9. The minimum absolute atomic E-state index is 0.614. The fraction of sp³-hybridized carbons (Fsp3) is 0. The summed E-state index contributed by atoms with van der Waals surface area (Å²) in [6.07, 6.45) is 7.35. The van der Waals surface area contributed by atoms with E-state index < -0.39 is 0 Å². The highest BCUT2D eigenvalue weighted by molar-refractivity contribution is 7.26. The summed E-state index contributed by atoms with van der Waals surface area (Å²) >= 11 is 3.61. The Morgan fingerprint density at radius 3 is 1.17 bits per heavy atom. The number of nitrogens with zero attached hydrogens (tertiary/aromatic N) is 4. The number of fused-ring (bicyclic) bond motifs is 9. The molecule has 274 valence electrons. The van der Waals surface area contributed by atoms with Crippen LogP contribution in [0.25, 0.3) is 51.1 Å². The van der Waals surface area contributed by atoms with Gasteiger partial charge in [-0.2, -0.15) is 0 Å². The van der Waals surface area contributed by atoms with Gasteiger partial charge in [-0.1, -0.05) is 84.9 Å². The van der Waals surface area contributed by atoms with Gasteiger partial charge in [-0.05, 0) is 72.8 Å². The lowest BCUT2D eigenvalue weighted by molar-refractivity contribution is 0.362. The highest BCUT2D eigenvalue weighted by Crippen LogP contribution is 2.61. The summed E-state index contributed by atoms with van der Waals surface area (Å²) in [5, 5.41) is 6.98. The molecule has 4 aromatic heterocycles. The summed E-state index contributed by atoms with van der Waals surface area (Å²) in [6, 6.07) is 55.3. The first-order valence-electron chi connectivity index (χ1n) is 19.0. The van der Waals surface area contributed by atoms with E-state index in [1.807, 2.05) is 73.3 Å². The fourth-order valence-corrected chi connectivity index (χ4v) is 10.6. The number of ether oxygens (including phenoxy) is 2. The van der Waals surface area contributed by atoms with Crippen LogP contribution in [0.1, 0.15) is 0 Å². The Morgan fingerprint density at radius 2 is 0.724 bits per heavy atom. The van der Waals surface area contributed by atoms with Crippen molar-refractivity contribution in [1.82, 2.24) is 9.97 Å². The van der Waals surface area contributed by atoms with Gasteiger partial charge in [0.15, 0.2) is 23.0 Å². The number of hydrogen-bond acceptors (Lipinski definition) is 8. The molecule has 0 fully saturated rings. The average molecular weight is 783 g/mol. The van der Waals surface area contributed by atoms with E-state index in [2.05, 4.69) is 129 Å². The number of hydrogen-bond donors (Lipinski definition) is 0. The lowest BCUT2D eigenvalue weighted by atomic mass is 10.00. The van der Waals surface area contributed by atoms with E-state index in [-0.39, 0.29) is 0 Å². The molecule has 1 aliphatic rings. The maximum atomic E-state index is 7.13. The van der Waals surface area contributed by atoms with Gasteiger partial charge in [-0.25, -0.2) is 0 Å². The van der Waals surface area contributed by atoms with Crippen LogP contribution < -0.4 is 19.3 Å². The molecule has 1 aliphatic heterocycles. The Balaban J connectivity index is 1.17. The van der Waals surface area contributed by atoms with E-state index >= 15 is 0 Å². The number of thiophene rings is 2. The molecule has 0 bridgehead atoms. The van der Waals surface area contributed by atoms with Crippen LogP contribution in [-0.4, -0.2) is 9.97 Å². The predicted molar refractivity (Wildman–Crippen MR) is 241 cm³/mol. The molecular weight excluding hydrogens is 753 g/mol. The molecule has 0 radical (unpaired) electrons. The van der Waals surface area contributed by atoms with Gasteiger partial charge in [-0.3, -0.25) is 9.97 Å². The first-order valence-corrected chi connectivity index (χ1v) is 20.7. The normalized spacial score (nSPS) is 12.1. The number of rotatable bonds is 6. The number of anilines is 6. The zero-order valence-electron chi connectivity index (χ0n) is 30.7. The zero-order chi connectivity index (χ0) is 38.2. The number of para-hydroxylation sites is 2. The van der Waals surface area contributed by atoms with E-state index in [1.54, 1.807) is 22.7 Å². The molecule has 0 aliphatic carbocycles. The number of pyridine rings is 2. The van der Waals surface area contributed by atoms with Crippen molar-refractivity contribution in [2.45, 2.75) is 0 Å². The first-order chi connectivity index (χ1) is 28.8. The molecule has 11 aromatic rings. The van der Waals surface area contributed by atoms with Crippen LogP contribution >= 0.6 is 22.7 Å². The molecule has 12 rings (SSSR count). The second-order valence-electron chi connectivity index (χ2n) is 14.2. The van der Waals surface area contributed by atoms with Gasteiger partial charge in [0, 0.05) is 98.7 Å². The van der Waals surface area contributed by atoms with Gasteiger partial charge in [0.2, 0.25) is 0 Å². The molecule has 0 N–H and O–H groups in total. The summed E-state index contributed by atoms with van der Waals surface area (Å²) in [4.78, 5) is 13.4. The molecule has 0 unspecified atom stereocenters. The predicted octanol–water partition coefficient (Wildman–Crippen LogP) is 15.2. The third-order valence-electron chi connectivity index (χ3n) is 10.9. The van der Waals surface area contributed by atoms with E-state index in [9.17, 15) is 0 Å². The molecule has 0 atom stereocenters. The molecule has 58 heavy (non-hydrogen) atoms. The van der Waals surface area contributed by atoms with Crippen molar-refractivity contribution in [3.8, 4) is 23.0 Å². The van der Waals surface area contributed by atoms with E-state index in [1.165, 1.54) is 40.3 Å². The topological polar surface area (TPSA) is 50.7 Å². The van der Waals surface area contributed by atoms with Gasteiger partial charge in [0.1, 0.15) is 11.4 Å². The Hall–Kier alpha value is -7.26. The number of aromatic nitrogens is 2. The van der Waals surface area contributed by atoms with Crippen molar-refractivity contribution in [1.29, 1.82) is 0 Å². The summed E-state index contributed by atoms with van der Waals surface area (Å²) in [7, 11) is 0. The maximum absolute atomic E-state index is 7.13. The van der Waals surface area contributed by atoms with Crippen LogP contribution in [0.4, 0.5) is 34.1 Å². The summed E-state index contributed by atoms with van der Waals surface area (Å²) < 4.78 is 19.2. The maximum Gasteiger partial charge on any atom is 0.196 e. The lowest BCUT2D eigenvalue weighted by Crippen LogP contribution is -2.17. The third-order valence-corrected chi connectivity index (χ3v) is 13.1. The van der Waals surface area contributed by atoms with Gasteiger partial charge in [-0.15, -0.1) is 22.7 Å². The van der Waals surface area contributed by atoms with Crippen LogP contribution in [0.5, 0.6) is 23.0 Å². The molecule has 8 heteroatoms. The van der Waals surface area contributed by atoms with E-state index in [0.717, 1.165) is 44.9 Å². The van der Waals surface area contributed by atoms with Crippen LogP contribution in [0.2, 0.25) is 0 Å². The Labute approximate surface area is 341 Å². The number of benzene rings is 7. The van der Waals surface area contributed by atoms with Gasteiger partial charge < -0.3 is 19.3 Å². The molecular formula is C50H30N4O2S2. The van der Waals surface area contributed by atoms with E-state index in [0.29, 0.717) is 23.0 Å². The summed E-state index contributed by atoms with van der Waals surface area (Å²) in [5.74, 6) is 2.52. The molecule has 0 saturated carbocycles. The molecule has 0 saturated heterocycles. The monoisotopic (exact) mass is 782 g/mol. The summed E-state index contributed by atoms with van der Waals surface area (Å²) in [5.41, 5.74) is 5.61. The van der Waals surface area contributed by atoms with Gasteiger partial charge in [0.05, 0.1) is 0 Å². The second-order valence-corrected chi connectivity index (χ2v) is 16.4. The van der Waals surface area contributed by atoms with Crippen LogP contribution in [-0.2, 0) is 0 Å². The zero-order valence-corrected chi connectivity index (χ0v) is 32.4. The smallest absolute Gasteiger partial charge is 0.196 e. The molecule has 5 heterocycles. The molecule has 0 spiro atoms. The minimum Gasteiger partial charge on any atom is -0.447 e. The standard InChI is InChI=1S/C50H30N4O2S2/c1-2-12-40-39(11-1)47(53(31-21-25-51-26-22-31)33-17-19-37-35-9-3-7-15-43(35)57-45(37)29-33)49-50(56-42-14-6-5-13-41(42)55-49)48(40)54(32-23-27-52-28-24-32)34-18-20-38-36-10-4-8-16-44(36)58-46(38)30-34/h1-30H. The molecule has 6 nitrogen and oxygen atoms in total. The van der Waals surface area contributed by atoms with Crippen LogP contribution in [0.15, 0.2) is 183 Å². The van der Waals surface area contributed by atoms with Gasteiger partial charge in [0.25, 0.3) is 0 Å². The quantitative estimate of drug-likeness (QED) is 0.157. The lowest BCUT2D eigenvalue weighted by Gasteiger charge is -2.35. The highest BCUT2D eigenvalue weighted by atomic mass is 32.1. The summed E-state index contributed by atoms with van der Waals surface area (Å²) in [6.45, 7) is 0. The third kappa shape index (κ3) is 5.16. The van der Waals surface area contributed by atoms with Crippen molar-refractivity contribution in [2.24, 2.45) is 0 Å². The largest absolute Gasteiger partial charge is 0.447 e. The molecule has 0 amide bonds. The Kier molecular flexibility index (Phi) is 7.47. The minimum atomic E-state index is 0.614. The Morgan fingerprint density at radius 1 is 0.345 bits per heavy atom. The van der Waals surface area contributed by atoms with Gasteiger partial charge >= 0.3 is 0 Å². The van der Waals surface area contributed by atoms with Crippen LogP contribution in [0.3, 0.4) is 0 Å². The Bertz CT molecular complexity index is 3160. The van der Waals surface area contributed by atoms with Crippen molar-refractivity contribution in [3.63, 3.8) is 0 Å². The van der Waals surface area contributed by atoms with Crippen molar-refractivity contribution in [3.05, 3.63) is 183 Å². The van der Waals surface area contributed by atoms with Crippen molar-refractivity contribution < 1.29 is 9.47 Å². The fourth-order valence-electron chi connectivity index (χ4n) is 8.34. The van der Waals surface area contributed by atoms with E-state index in [4.69, 9.17) is 9.47 Å². The van der Waals surface area contributed by atoms with Crippen LogP contribution in [0, 0.1) is 0 Å². The molecule has 7 aromatic carbocycles. The van der Waals surface area contributed by atoms with Crippen molar-refractivity contribution >= 4 is 108 Å². The second kappa shape index (κ2) is 13.2. The average Bonchev–Trinajstić information content (AvgIpc) is 3.85.